The second-order valence-electron chi connectivity index (χ2n) is 3.33. The first-order valence-electron chi connectivity index (χ1n) is 4.97. The SMILES string of the molecule is CC(CCC(N=C=O)N=C=O)C(N=C=O)N=C=O. The maximum atomic E-state index is 10.1. The van der Waals surface area contributed by atoms with Gasteiger partial charge in [-0.3, -0.25) is 0 Å². The van der Waals surface area contributed by atoms with Crippen LogP contribution in [-0.4, -0.2) is 36.7 Å². The molecule has 94 valence electrons. The first-order chi connectivity index (χ1) is 8.69. The first-order valence-corrected chi connectivity index (χ1v) is 4.97. The maximum Gasteiger partial charge on any atom is 0.237 e. The molecule has 0 saturated heterocycles. The number of carbonyl (C=O) groups excluding carboxylic acids is 4. The molecular formula is C10H10N4O4. The standard InChI is InChI=1S/C10H10N4O4/c1-8(10(13-6-17)14-7-18)2-3-9(11-4-15)12-5-16/h8-10H,2-3H2,1H3. The molecule has 8 nitrogen and oxygen atoms in total. The van der Waals surface area contributed by atoms with Crippen molar-refractivity contribution in [2.75, 3.05) is 0 Å². The Bertz CT molecular complexity index is 416. The summed E-state index contributed by atoms with van der Waals surface area (Å²) in [5.41, 5.74) is 0. The highest BCUT2D eigenvalue weighted by Gasteiger charge is 2.17. The van der Waals surface area contributed by atoms with Crippen LogP contribution in [0.25, 0.3) is 0 Å². The topological polar surface area (TPSA) is 118 Å². The van der Waals surface area contributed by atoms with Gasteiger partial charge in [0.2, 0.25) is 24.3 Å². The van der Waals surface area contributed by atoms with E-state index in [4.69, 9.17) is 0 Å². The van der Waals surface area contributed by atoms with Crippen LogP contribution < -0.4 is 0 Å². The van der Waals surface area contributed by atoms with E-state index in [1.54, 1.807) is 6.92 Å². The second-order valence-corrected chi connectivity index (χ2v) is 3.33. The Labute approximate surface area is 102 Å². The van der Waals surface area contributed by atoms with Crippen molar-refractivity contribution < 1.29 is 19.2 Å². The lowest BCUT2D eigenvalue weighted by molar-refractivity contribution is 0.404. The molecule has 0 fully saturated rings. The minimum Gasteiger partial charge on any atom is -0.211 e. The minimum atomic E-state index is -0.888. The number of isocyanates is 4. The molecule has 0 aliphatic carbocycles. The van der Waals surface area contributed by atoms with Crippen molar-refractivity contribution in [1.29, 1.82) is 0 Å². The van der Waals surface area contributed by atoms with Crippen LogP contribution in [0.2, 0.25) is 0 Å². The molecule has 0 aromatic carbocycles. The van der Waals surface area contributed by atoms with Gasteiger partial charge in [-0.2, -0.15) is 20.0 Å². The number of rotatable bonds is 8. The summed E-state index contributed by atoms with van der Waals surface area (Å²) in [5, 5.41) is 0. The van der Waals surface area contributed by atoms with Crippen LogP contribution in [0.4, 0.5) is 0 Å². The highest BCUT2D eigenvalue weighted by atomic mass is 16.1. The van der Waals surface area contributed by atoms with Gasteiger partial charge in [-0.15, -0.1) is 0 Å². The molecule has 1 atom stereocenters. The van der Waals surface area contributed by atoms with Crippen LogP contribution in [0.5, 0.6) is 0 Å². The molecule has 0 spiro atoms. The van der Waals surface area contributed by atoms with Crippen molar-refractivity contribution in [2.24, 2.45) is 25.9 Å². The Morgan fingerprint density at radius 2 is 1.22 bits per heavy atom. The zero-order chi connectivity index (χ0) is 13.8. The third-order valence-electron chi connectivity index (χ3n) is 2.16. The van der Waals surface area contributed by atoms with Gasteiger partial charge in [0, 0.05) is 5.92 Å². The van der Waals surface area contributed by atoms with E-state index in [9.17, 15) is 19.2 Å². The molecule has 0 bridgehead atoms. The van der Waals surface area contributed by atoms with Crippen molar-refractivity contribution in [3.63, 3.8) is 0 Å². The summed E-state index contributed by atoms with van der Waals surface area (Å²) in [4.78, 5) is 53.6. The van der Waals surface area contributed by atoms with E-state index in [0.29, 0.717) is 6.42 Å². The van der Waals surface area contributed by atoms with Crippen LogP contribution in [0.15, 0.2) is 20.0 Å². The largest absolute Gasteiger partial charge is 0.237 e. The molecule has 0 aliphatic rings. The molecule has 0 radical (unpaired) electrons. The van der Waals surface area contributed by atoms with E-state index in [1.807, 2.05) is 0 Å². The summed E-state index contributed by atoms with van der Waals surface area (Å²) in [6, 6.07) is 0. The Balaban J connectivity index is 4.57. The van der Waals surface area contributed by atoms with Crippen LogP contribution in [0.3, 0.4) is 0 Å². The third kappa shape index (κ3) is 6.18. The summed E-state index contributed by atoms with van der Waals surface area (Å²) in [6.45, 7) is 1.68. The predicted octanol–water partition coefficient (Wildman–Crippen LogP) is 0.398. The summed E-state index contributed by atoms with van der Waals surface area (Å²) < 4.78 is 0. The fourth-order valence-electron chi connectivity index (χ4n) is 1.23. The summed E-state index contributed by atoms with van der Waals surface area (Å²) in [7, 11) is 0. The lowest BCUT2D eigenvalue weighted by Gasteiger charge is -2.13. The van der Waals surface area contributed by atoms with Gasteiger partial charge in [-0.05, 0) is 12.8 Å². The highest BCUT2D eigenvalue weighted by Crippen LogP contribution is 2.17. The van der Waals surface area contributed by atoms with E-state index >= 15 is 0 Å². The Morgan fingerprint density at radius 3 is 1.61 bits per heavy atom. The van der Waals surface area contributed by atoms with Crippen molar-refractivity contribution in [3.05, 3.63) is 0 Å². The fraction of sp³-hybridized carbons (Fsp3) is 0.600. The molecule has 8 heteroatoms. The van der Waals surface area contributed by atoms with E-state index < -0.39 is 12.3 Å². The molecule has 0 saturated carbocycles. The van der Waals surface area contributed by atoms with Crippen LogP contribution in [-0.2, 0) is 19.2 Å². The van der Waals surface area contributed by atoms with Crippen molar-refractivity contribution >= 4 is 24.3 Å². The van der Waals surface area contributed by atoms with Gasteiger partial charge in [0.15, 0.2) is 12.3 Å². The van der Waals surface area contributed by atoms with Crippen molar-refractivity contribution in [1.82, 2.24) is 0 Å². The minimum absolute atomic E-state index is 0.241. The second kappa shape index (κ2) is 9.73. The van der Waals surface area contributed by atoms with Crippen LogP contribution in [0.1, 0.15) is 19.8 Å². The van der Waals surface area contributed by atoms with Gasteiger partial charge in [-0.1, -0.05) is 6.92 Å². The lowest BCUT2D eigenvalue weighted by atomic mass is 10.0. The fourth-order valence-corrected chi connectivity index (χ4v) is 1.23. The van der Waals surface area contributed by atoms with Crippen molar-refractivity contribution in [2.45, 2.75) is 32.1 Å². The van der Waals surface area contributed by atoms with E-state index in [0.717, 1.165) is 0 Å². The smallest absolute Gasteiger partial charge is 0.211 e. The first kappa shape index (κ1) is 15.5. The van der Waals surface area contributed by atoms with Gasteiger partial charge in [0.1, 0.15) is 0 Å². The third-order valence-corrected chi connectivity index (χ3v) is 2.16. The average molecular weight is 250 g/mol. The molecular weight excluding hydrogens is 240 g/mol. The number of hydrogen-bond acceptors (Lipinski definition) is 8. The molecule has 1 unspecified atom stereocenters. The van der Waals surface area contributed by atoms with Gasteiger partial charge in [0.05, 0.1) is 0 Å². The molecule has 0 amide bonds. The Kier molecular flexibility index (Phi) is 8.39. The van der Waals surface area contributed by atoms with Gasteiger partial charge in [0.25, 0.3) is 0 Å². The van der Waals surface area contributed by atoms with Crippen LogP contribution in [0, 0.1) is 5.92 Å². The number of hydrogen-bond donors (Lipinski definition) is 0. The number of aliphatic imine (C=N–C) groups is 4. The summed E-state index contributed by atoms with van der Waals surface area (Å²) in [6.07, 6.45) is 4.04. The lowest BCUT2D eigenvalue weighted by Crippen LogP contribution is -2.15. The van der Waals surface area contributed by atoms with Gasteiger partial charge >= 0.3 is 0 Å². The monoisotopic (exact) mass is 250 g/mol. The average Bonchev–Trinajstić information content (AvgIpc) is 2.36. The molecule has 0 heterocycles. The Morgan fingerprint density at radius 1 is 0.778 bits per heavy atom. The molecule has 0 aromatic heterocycles. The van der Waals surface area contributed by atoms with Crippen LogP contribution >= 0.6 is 0 Å². The maximum absolute atomic E-state index is 10.1. The molecule has 0 aliphatic heterocycles. The summed E-state index contributed by atoms with van der Waals surface area (Å²) in [5.74, 6) is -0.292. The zero-order valence-corrected chi connectivity index (χ0v) is 9.57. The zero-order valence-electron chi connectivity index (χ0n) is 9.57. The summed E-state index contributed by atoms with van der Waals surface area (Å²) >= 11 is 0. The predicted molar refractivity (Wildman–Crippen MR) is 58.5 cm³/mol. The molecule has 0 N–H and O–H groups in total. The number of nitrogens with zero attached hydrogens (tertiary/aromatic N) is 4. The highest BCUT2D eigenvalue weighted by molar-refractivity contribution is 5.37. The normalized spacial score (nSPS) is 13.6. The van der Waals surface area contributed by atoms with E-state index in [2.05, 4.69) is 20.0 Å². The quantitative estimate of drug-likeness (QED) is 0.457. The molecule has 18 heavy (non-hydrogen) atoms. The van der Waals surface area contributed by atoms with Crippen molar-refractivity contribution in [3.8, 4) is 0 Å². The van der Waals surface area contributed by atoms with Gasteiger partial charge in [-0.25, -0.2) is 19.2 Å². The van der Waals surface area contributed by atoms with E-state index in [-0.39, 0.29) is 12.3 Å². The molecule has 0 aromatic rings. The Hall–Kier alpha value is -2.48. The van der Waals surface area contributed by atoms with Gasteiger partial charge < -0.3 is 0 Å². The molecule has 0 rings (SSSR count). The van der Waals surface area contributed by atoms with E-state index in [1.165, 1.54) is 24.3 Å².